The molecule has 24 heavy (non-hydrogen) atoms. The molecule has 1 aliphatic carbocycles. The predicted molar refractivity (Wildman–Crippen MR) is 98.7 cm³/mol. The fourth-order valence-corrected chi connectivity index (χ4v) is 4.21. The highest BCUT2D eigenvalue weighted by atomic mass is 79.9. The molecule has 0 spiro atoms. The minimum Gasteiger partial charge on any atom is -0.383 e. The van der Waals surface area contributed by atoms with Gasteiger partial charge in [-0.25, -0.2) is 4.98 Å². The van der Waals surface area contributed by atoms with E-state index in [-0.39, 0.29) is 6.04 Å². The fourth-order valence-electron chi connectivity index (χ4n) is 3.63. The van der Waals surface area contributed by atoms with E-state index in [0.29, 0.717) is 11.7 Å². The van der Waals surface area contributed by atoms with E-state index in [4.69, 9.17) is 16.5 Å². The summed E-state index contributed by atoms with van der Waals surface area (Å²) in [5.74, 6) is 0.935. The van der Waals surface area contributed by atoms with Crippen LogP contribution in [0.5, 0.6) is 0 Å². The van der Waals surface area contributed by atoms with Crippen LogP contribution in [0.2, 0.25) is 0 Å². The van der Waals surface area contributed by atoms with Crippen LogP contribution in [0.4, 0.5) is 5.82 Å². The number of aryl methyl sites for hydroxylation is 1. The third-order valence-electron chi connectivity index (χ3n) is 4.89. The fraction of sp³-hybridized carbons (Fsp3) is 0.412. The SMILES string of the molecule is Cn1ccc(-c2cnn3c(N)c(Br)c([C@H]4CCC[C@@H](N)C4)nc23)c1. The van der Waals surface area contributed by atoms with Gasteiger partial charge in [-0.05, 0) is 41.3 Å². The van der Waals surface area contributed by atoms with Gasteiger partial charge in [0.05, 0.1) is 16.4 Å². The predicted octanol–water partition coefficient (Wildman–Crippen LogP) is 3.06. The molecule has 0 aliphatic heterocycles. The first-order valence-electron chi connectivity index (χ1n) is 8.25. The molecule has 3 aromatic rings. The normalized spacial score (nSPS) is 21.5. The quantitative estimate of drug-likeness (QED) is 0.705. The number of rotatable bonds is 2. The minimum absolute atomic E-state index is 0.244. The van der Waals surface area contributed by atoms with Crippen molar-refractivity contribution in [1.29, 1.82) is 0 Å². The Balaban J connectivity index is 1.87. The summed E-state index contributed by atoms with van der Waals surface area (Å²) in [6, 6.07) is 2.31. The minimum atomic E-state index is 0.244. The molecule has 1 aliphatic rings. The zero-order valence-electron chi connectivity index (χ0n) is 13.6. The molecule has 0 unspecified atom stereocenters. The van der Waals surface area contributed by atoms with Crippen molar-refractivity contribution in [3.63, 3.8) is 0 Å². The van der Waals surface area contributed by atoms with Crippen molar-refractivity contribution in [3.05, 3.63) is 34.8 Å². The van der Waals surface area contributed by atoms with Gasteiger partial charge in [-0.2, -0.15) is 9.61 Å². The van der Waals surface area contributed by atoms with Crippen LogP contribution in [0, 0.1) is 0 Å². The molecule has 4 N–H and O–H groups in total. The Bertz CT molecular complexity index is 896. The van der Waals surface area contributed by atoms with Gasteiger partial charge in [-0.3, -0.25) is 0 Å². The molecule has 0 aromatic carbocycles. The van der Waals surface area contributed by atoms with E-state index >= 15 is 0 Å². The average molecular weight is 389 g/mol. The van der Waals surface area contributed by atoms with Crippen molar-refractivity contribution in [1.82, 2.24) is 19.2 Å². The number of nitrogens with two attached hydrogens (primary N) is 2. The molecule has 0 saturated heterocycles. The van der Waals surface area contributed by atoms with Crippen LogP contribution < -0.4 is 11.5 Å². The highest BCUT2D eigenvalue weighted by molar-refractivity contribution is 9.10. The topological polar surface area (TPSA) is 87.2 Å². The zero-order valence-corrected chi connectivity index (χ0v) is 15.2. The van der Waals surface area contributed by atoms with Gasteiger partial charge < -0.3 is 16.0 Å². The second kappa shape index (κ2) is 5.89. The molecule has 6 nitrogen and oxygen atoms in total. The number of anilines is 1. The van der Waals surface area contributed by atoms with Gasteiger partial charge >= 0.3 is 0 Å². The van der Waals surface area contributed by atoms with Crippen LogP contribution in [0.1, 0.15) is 37.3 Å². The summed E-state index contributed by atoms with van der Waals surface area (Å²) in [7, 11) is 2.00. The van der Waals surface area contributed by atoms with Gasteiger partial charge in [-0.15, -0.1) is 0 Å². The third-order valence-corrected chi connectivity index (χ3v) is 5.71. The van der Waals surface area contributed by atoms with Gasteiger partial charge in [0.15, 0.2) is 5.65 Å². The Labute approximate surface area is 149 Å². The van der Waals surface area contributed by atoms with E-state index in [2.05, 4.69) is 33.3 Å². The zero-order chi connectivity index (χ0) is 16.8. The van der Waals surface area contributed by atoms with Gasteiger partial charge in [-0.1, -0.05) is 6.42 Å². The number of hydrogen-bond donors (Lipinski definition) is 2. The Hall–Kier alpha value is -1.86. The third kappa shape index (κ3) is 2.52. The number of hydrogen-bond acceptors (Lipinski definition) is 4. The Kier molecular flexibility index (Phi) is 3.85. The summed E-state index contributed by atoms with van der Waals surface area (Å²) in [6.07, 6.45) is 10.2. The lowest BCUT2D eigenvalue weighted by molar-refractivity contribution is 0.387. The molecule has 2 atom stereocenters. The number of aromatic nitrogens is 4. The highest BCUT2D eigenvalue weighted by Gasteiger charge is 2.26. The molecule has 126 valence electrons. The lowest BCUT2D eigenvalue weighted by atomic mass is 9.84. The number of nitrogens with zero attached hydrogens (tertiary/aromatic N) is 4. The van der Waals surface area contributed by atoms with Crippen LogP contribution in [0.3, 0.4) is 0 Å². The maximum Gasteiger partial charge on any atom is 0.165 e. The monoisotopic (exact) mass is 388 g/mol. The molecule has 4 rings (SSSR count). The van der Waals surface area contributed by atoms with Crippen molar-refractivity contribution in [3.8, 4) is 11.1 Å². The van der Waals surface area contributed by atoms with E-state index < -0.39 is 0 Å². The van der Waals surface area contributed by atoms with E-state index in [9.17, 15) is 0 Å². The van der Waals surface area contributed by atoms with Crippen LogP contribution in [0.15, 0.2) is 29.1 Å². The Morgan fingerprint density at radius 3 is 2.88 bits per heavy atom. The number of halogens is 1. The summed E-state index contributed by atoms with van der Waals surface area (Å²) in [4.78, 5) is 4.95. The largest absolute Gasteiger partial charge is 0.383 e. The molecule has 7 heteroatoms. The van der Waals surface area contributed by atoms with Crippen LogP contribution in [-0.4, -0.2) is 25.2 Å². The molecule has 0 radical (unpaired) electrons. The van der Waals surface area contributed by atoms with Gasteiger partial charge in [0.1, 0.15) is 5.82 Å². The first-order chi connectivity index (χ1) is 11.5. The molecule has 1 saturated carbocycles. The van der Waals surface area contributed by atoms with Gasteiger partial charge in [0.25, 0.3) is 0 Å². The molecule has 1 fully saturated rings. The van der Waals surface area contributed by atoms with E-state index in [0.717, 1.165) is 52.6 Å². The second-order valence-electron chi connectivity index (χ2n) is 6.68. The second-order valence-corrected chi connectivity index (χ2v) is 7.47. The molecule has 0 amide bonds. The lowest BCUT2D eigenvalue weighted by Crippen LogP contribution is -2.27. The molecular formula is C17H21BrN6. The van der Waals surface area contributed by atoms with Crippen LogP contribution >= 0.6 is 15.9 Å². The average Bonchev–Trinajstić information content (AvgIpc) is 3.16. The number of nitrogen functional groups attached to an aromatic ring is 1. The van der Waals surface area contributed by atoms with Crippen LogP contribution in [0.25, 0.3) is 16.8 Å². The molecule has 3 heterocycles. The van der Waals surface area contributed by atoms with E-state index in [1.807, 2.05) is 24.0 Å². The molecule has 3 aromatic heterocycles. The summed E-state index contributed by atoms with van der Waals surface area (Å²) >= 11 is 3.63. The Morgan fingerprint density at radius 2 is 2.17 bits per heavy atom. The molecule has 0 bridgehead atoms. The summed E-state index contributed by atoms with van der Waals surface area (Å²) in [6.45, 7) is 0. The van der Waals surface area contributed by atoms with Crippen molar-refractivity contribution in [2.24, 2.45) is 12.8 Å². The number of fused-ring (bicyclic) bond motifs is 1. The maximum absolute atomic E-state index is 6.33. The van der Waals surface area contributed by atoms with E-state index in [1.54, 1.807) is 4.52 Å². The highest BCUT2D eigenvalue weighted by Crippen LogP contribution is 2.38. The van der Waals surface area contributed by atoms with Gasteiger partial charge in [0, 0.05) is 42.5 Å². The van der Waals surface area contributed by atoms with Crippen LogP contribution in [-0.2, 0) is 7.05 Å². The summed E-state index contributed by atoms with van der Waals surface area (Å²) < 4.78 is 4.57. The standard InChI is InChI=1S/C17H21BrN6/c1-23-6-5-11(9-23)13-8-21-24-16(20)14(18)15(22-17(13)24)10-3-2-4-12(19)7-10/h5-6,8-10,12H,2-4,7,19-20H2,1H3/t10-,12+/m0/s1. The first-order valence-corrected chi connectivity index (χ1v) is 9.04. The van der Waals surface area contributed by atoms with Crippen molar-refractivity contribution < 1.29 is 0 Å². The molecular weight excluding hydrogens is 368 g/mol. The first kappa shape index (κ1) is 15.7. The van der Waals surface area contributed by atoms with Crippen molar-refractivity contribution >= 4 is 27.4 Å². The Morgan fingerprint density at radius 1 is 1.33 bits per heavy atom. The summed E-state index contributed by atoms with van der Waals surface area (Å²) in [5.41, 5.74) is 16.4. The summed E-state index contributed by atoms with van der Waals surface area (Å²) in [5, 5.41) is 4.43. The van der Waals surface area contributed by atoms with E-state index in [1.165, 1.54) is 0 Å². The smallest absolute Gasteiger partial charge is 0.165 e. The lowest BCUT2D eigenvalue weighted by Gasteiger charge is -2.27. The van der Waals surface area contributed by atoms with Crippen molar-refractivity contribution in [2.45, 2.75) is 37.6 Å². The van der Waals surface area contributed by atoms with Crippen molar-refractivity contribution in [2.75, 3.05) is 5.73 Å². The van der Waals surface area contributed by atoms with Gasteiger partial charge in [0.2, 0.25) is 0 Å². The maximum atomic E-state index is 6.33.